The number of imidazole rings is 2. The SMILES string of the molecule is COC(=O)NC(C(=O)N1[C@@H](C)CC[C@H]1c1nc2c(ccc3cc(C#Cc4ccc5nc([C@@H]6CC[C@H](C)N6C(=O)[C@H](C(C)C)N(C)C(=O)O)[nH]c5c4)ccc32)[nH]1)C1CCOCC1. The lowest BCUT2D eigenvalue weighted by molar-refractivity contribution is -0.140. The number of nitrogens with zero attached hydrogens (tertiary/aromatic N) is 5. The van der Waals surface area contributed by atoms with Crippen molar-refractivity contribution in [2.75, 3.05) is 27.4 Å². The first-order valence-electron chi connectivity index (χ1n) is 21.3. The van der Waals surface area contributed by atoms with Crippen LogP contribution in [0.3, 0.4) is 0 Å². The van der Waals surface area contributed by atoms with E-state index in [1.165, 1.54) is 14.2 Å². The molecule has 3 fully saturated rings. The van der Waals surface area contributed by atoms with E-state index in [0.717, 1.165) is 80.4 Å². The Morgan fingerprint density at radius 3 is 2.11 bits per heavy atom. The number of nitrogens with one attached hydrogen (secondary N) is 3. The van der Waals surface area contributed by atoms with Gasteiger partial charge < -0.3 is 39.7 Å². The smallest absolute Gasteiger partial charge is 0.407 e. The highest BCUT2D eigenvalue weighted by Gasteiger charge is 2.44. The summed E-state index contributed by atoms with van der Waals surface area (Å²) in [7, 11) is 2.76. The number of benzene rings is 3. The third kappa shape index (κ3) is 8.08. The summed E-state index contributed by atoms with van der Waals surface area (Å²) in [6.45, 7) is 8.87. The summed E-state index contributed by atoms with van der Waals surface area (Å²) in [5.41, 5.74) is 4.91. The molecule has 3 aliphatic heterocycles. The van der Waals surface area contributed by atoms with E-state index >= 15 is 0 Å². The Balaban J connectivity index is 1.01. The van der Waals surface area contributed by atoms with Crippen LogP contribution in [0.1, 0.15) is 101 Å². The van der Waals surface area contributed by atoms with Crippen molar-refractivity contribution in [3.63, 3.8) is 0 Å². The van der Waals surface area contributed by atoms with Crippen LogP contribution in [0.5, 0.6) is 0 Å². The number of hydrogen-bond acceptors (Lipinski definition) is 8. The second-order valence-corrected chi connectivity index (χ2v) is 17.1. The van der Waals surface area contributed by atoms with E-state index in [9.17, 15) is 24.3 Å². The van der Waals surface area contributed by atoms with Gasteiger partial charge in [-0.15, -0.1) is 0 Å². The maximum atomic E-state index is 14.3. The van der Waals surface area contributed by atoms with E-state index < -0.39 is 24.3 Å². The summed E-state index contributed by atoms with van der Waals surface area (Å²) in [4.78, 5) is 74.1. The first-order chi connectivity index (χ1) is 29.3. The zero-order valence-electron chi connectivity index (χ0n) is 35.5. The minimum Gasteiger partial charge on any atom is -0.465 e. The zero-order valence-corrected chi connectivity index (χ0v) is 35.5. The van der Waals surface area contributed by atoms with Crippen molar-refractivity contribution in [3.05, 3.63) is 71.3 Å². The van der Waals surface area contributed by atoms with Crippen LogP contribution in [-0.2, 0) is 19.1 Å². The number of ether oxygens (including phenoxy) is 2. The third-order valence-electron chi connectivity index (χ3n) is 12.9. The van der Waals surface area contributed by atoms with Crippen LogP contribution in [0.25, 0.3) is 32.8 Å². The van der Waals surface area contributed by atoms with Crippen LogP contribution in [0.2, 0.25) is 0 Å². The Morgan fingerprint density at radius 1 is 0.836 bits per heavy atom. The quantitative estimate of drug-likeness (QED) is 0.121. The Morgan fingerprint density at radius 2 is 1.46 bits per heavy atom. The lowest BCUT2D eigenvalue weighted by atomic mass is 9.90. The summed E-state index contributed by atoms with van der Waals surface area (Å²) >= 11 is 0. The van der Waals surface area contributed by atoms with E-state index in [1.54, 1.807) is 0 Å². The van der Waals surface area contributed by atoms with Crippen molar-refractivity contribution in [1.29, 1.82) is 0 Å². The molecule has 2 aromatic heterocycles. The molecular weight excluding hydrogens is 777 g/mol. The predicted octanol–water partition coefficient (Wildman–Crippen LogP) is 6.88. The molecular formula is C46H54N8O7. The van der Waals surface area contributed by atoms with Gasteiger partial charge in [0.2, 0.25) is 11.8 Å². The van der Waals surface area contributed by atoms with Crippen LogP contribution < -0.4 is 5.32 Å². The average molecular weight is 831 g/mol. The summed E-state index contributed by atoms with van der Waals surface area (Å²) in [5.74, 6) is 7.43. The number of H-pyrrole nitrogens is 2. The van der Waals surface area contributed by atoms with E-state index in [1.807, 2.05) is 86.0 Å². The molecule has 8 rings (SSSR count). The maximum absolute atomic E-state index is 14.3. The normalized spacial score (nSPS) is 21.8. The number of alkyl carbamates (subject to hydrolysis) is 1. The van der Waals surface area contributed by atoms with Gasteiger partial charge in [0.1, 0.15) is 23.7 Å². The highest BCUT2D eigenvalue weighted by molar-refractivity contribution is 6.04. The second kappa shape index (κ2) is 17.1. The number of methoxy groups -OCH3 is 1. The van der Waals surface area contributed by atoms with Gasteiger partial charge in [-0.1, -0.05) is 37.8 Å². The minimum absolute atomic E-state index is 0.0318. The van der Waals surface area contributed by atoms with Crippen molar-refractivity contribution < 1.29 is 33.8 Å². The standard InChI is InChI=1S/C46H54N8O7/c1-25(2)40(52(5)46(58)59)44(56)54-27(4)8-17-36(54)41-47-33-15-12-29(24-35(33)49-41)10-9-28-11-14-32-31(23-28)13-16-34-39(32)50-42(48-34)37-18-7-26(3)53(37)43(55)38(51-45(57)60-6)30-19-21-61-22-20-30/h11-16,23-27,30,36-38,40H,7-8,17-22H2,1-6H3,(H,47,49)(H,48,50)(H,51,57)(H,58,59)/t26-,27-,36-,37-,38?,40-/m0/s1. The molecule has 3 saturated heterocycles. The molecule has 6 atom stereocenters. The Bertz CT molecular complexity index is 2550. The maximum Gasteiger partial charge on any atom is 0.407 e. The van der Waals surface area contributed by atoms with Crippen LogP contribution in [0.15, 0.2) is 48.5 Å². The fourth-order valence-corrected chi connectivity index (χ4v) is 9.66. The Kier molecular flexibility index (Phi) is 11.6. The number of carboxylic acid groups (broad SMARTS) is 1. The third-order valence-corrected chi connectivity index (χ3v) is 12.9. The number of rotatable bonds is 8. The molecule has 4 N–H and O–H groups in total. The number of carbonyl (C=O) groups excluding carboxylic acids is 3. The van der Waals surface area contributed by atoms with E-state index in [0.29, 0.717) is 31.9 Å². The molecule has 61 heavy (non-hydrogen) atoms. The van der Waals surface area contributed by atoms with Gasteiger partial charge >= 0.3 is 12.2 Å². The highest BCUT2D eigenvalue weighted by atomic mass is 16.5. The lowest BCUT2D eigenvalue weighted by Crippen LogP contribution is -2.54. The zero-order chi connectivity index (χ0) is 43.1. The van der Waals surface area contributed by atoms with Crippen LogP contribution in [0.4, 0.5) is 9.59 Å². The molecule has 5 heterocycles. The molecule has 0 aliphatic carbocycles. The Labute approximate surface area is 354 Å². The van der Waals surface area contributed by atoms with Gasteiger partial charge in [-0.05, 0) is 106 Å². The van der Waals surface area contributed by atoms with Crippen LogP contribution >= 0.6 is 0 Å². The highest BCUT2D eigenvalue weighted by Crippen LogP contribution is 2.39. The predicted molar refractivity (Wildman–Crippen MR) is 230 cm³/mol. The van der Waals surface area contributed by atoms with Crippen LogP contribution in [0, 0.1) is 23.7 Å². The summed E-state index contributed by atoms with van der Waals surface area (Å²) in [6, 6.07) is 13.8. The van der Waals surface area contributed by atoms with E-state index in [-0.39, 0.29) is 47.8 Å². The van der Waals surface area contributed by atoms with Crippen molar-refractivity contribution in [2.24, 2.45) is 11.8 Å². The lowest BCUT2D eigenvalue weighted by Gasteiger charge is -2.36. The average Bonchev–Trinajstić information content (AvgIpc) is 4.06. The van der Waals surface area contributed by atoms with Gasteiger partial charge in [0.25, 0.3) is 0 Å². The fourth-order valence-electron chi connectivity index (χ4n) is 9.66. The van der Waals surface area contributed by atoms with Gasteiger partial charge in [-0.3, -0.25) is 14.5 Å². The monoisotopic (exact) mass is 830 g/mol. The van der Waals surface area contributed by atoms with E-state index in [4.69, 9.17) is 19.4 Å². The minimum atomic E-state index is -1.13. The number of aromatic amines is 2. The number of likely N-dealkylation sites (tertiary alicyclic amines) is 2. The van der Waals surface area contributed by atoms with Gasteiger partial charge in [-0.2, -0.15) is 0 Å². The molecule has 15 nitrogen and oxygen atoms in total. The molecule has 15 heteroatoms. The number of hydrogen-bond donors (Lipinski definition) is 4. The number of carbonyl (C=O) groups is 4. The summed E-state index contributed by atoms with van der Waals surface area (Å²) in [5, 5.41) is 14.5. The number of fused-ring (bicyclic) bond motifs is 4. The Hall–Kier alpha value is -6.14. The summed E-state index contributed by atoms with van der Waals surface area (Å²) < 4.78 is 10.5. The number of amides is 4. The summed E-state index contributed by atoms with van der Waals surface area (Å²) in [6.07, 6.45) is 2.67. The molecule has 3 aliphatic rings. The molecule has 0 saturated carbocycles. The molecule has 320 valence electrons. The largest absolute Gasteiger partial charge is 0.465 e. The van der Waals surface area contributed by atoms with Gasteiger partial charge in [0, 0.05) is 48.9 Å². The van der Waals surface area contributed by atoms with Gasteiger partial charge in [-0.25, -0.2) is 19.6 Å². The molecule has 4 amide bonds. The fraction of sp³-hybridized carbons (Fsp3) is 0.478. The van der Waals surface area contributed by atoms with Crippen molar-refractivity contribution >= 4 is 56.8 Å². The molecule has 0 bridgehead atoms. The second-order valence-electron chi connectivity index (χ2n) is 17.1. The van der Waals surface area contributed by atoms with Crippen molar-refractivity contribution in [2.45, 2.75) is 102 Å². The van der Waals surface area contributed by atoms with Crippen molar-refractivity contribution in [1.82, 2.24) is 40.0 Å². The van der Waals surface area contributed by atoms with Crippen LogP contribution in [-0.4, -0.2) is 115 Å². The molecule has 3 aromatic carbocycles. The van der Waals surface area contributed by atoms with Gasteiger partial charge in [0.15, 0.2) is 0 Å². The molecule has 0 spiro atoms. The first kappa shape index (κ1) is 41.6. The molecule has 0 radical (unpaired) electrons. The number of likely N-dealkylation sites (N-methyl/N-ethyl adjacent to an activating group) is 1. The topological polar surface area (TPSA) is 186 Å². The number of aromatic nitrogens is 4. The van der Waals surface area contributed by atoms with Crippen molar-refractivity contribution in [3.8, 4) is 11.8 Å². The molecule has 5 aromatic rings. The first-order valence-corrected chi connectivity index (χ1v) is 21.3. The molecule has 1 unspecified atom stereocenters. The van der Waals surface area contributed by atoms with E-state index in [2.05, 4.69) is 27.1 Å². The van der Waals surface area contributed by atoms with Gasteiger partial charge in [0.05, 0.1) is 41.3 Å².